The number of primary amides is 1. The first kappa shape index (κ1) is 17.3. The molecule has 1 saturated heterocycles. The van der Waals surface area contributed by atoms with Crippen LogP contribution in [0.2, 0.25) is 0 Å². The zero-order valence-corrected chi connectivity index (χ0v) is 14.2. The molecule has 126 valence electrons. The van der Waals surface area contributed by atoms with Crippen molar-refractivity contribution in [3.05, 3.63) is 29.8 Å². The quantitative estimate of drug-likeness (QED) is 0.845. The van der Waals surface area contributed by atoms with E-state index in [0.29, 0.717) is 6.61 Å². The highest BCUT2D eigenvalue weighted by molar-refractivity contribution is 5.85. The first-order valence-corrected chi connectivity index (χ1v) is 8.18. The van der Waals surface area contributed by atoms with Gasteiger partial charge in [-0.15, -0.1) is 0 Å². The van der Waals surface area contributed by atoms with Gasteiger partial charge in [0.25, 0.3) is 0 Å². The Balaban J connectivity index is 1.99. The van der Waals surface area contributed by atoms with E-state index in [-0.39, 0.29) is 17.8 Å². The average Bonchev–Trinajstić information content (AvgIpc) is 2.55. The van der Waals surface area contributed by atoms with Crippen LogP contribution in [0.15, 0.2) is 24.3 Å². The Hall–Kier alpha value is -2.04. The van der Waals surface area contributed by atoms with Crippen molar-refractivity contribution in [1.29, 1.82) is 0 Å². The van der Waals surface area contributed by atoms with Gasteiger partial charge >= 0.3 is 5.97 Å². The van der Waals surface area contributed by atoms with Crippen LogP contribution in [0.1, 0.15) is 39.2 Å². The molecule has 0 atom stereocenters. The number of benzene rings is 1. The van der Waals surface area contributed by atoms with Crippen molar-refractivity contribution in [2.24, 2.45) is 11.7 Å². The monoisotopic (exact) mass is 318 g/mol. The summed E-state index contributed by atoms with van der Waals surface area (Å²) >= 11 is 0. The van der Waals surface area contributed by atoms with Crippen molar-refractivity contribution >= 4 is 17.6 Å². The van der Waals surface area contributed by atoms with Crippen LogP contribution in [0, 0.1) is 5.92 Å². The van der Waals surface area contributed by atoms with Crippen LogP contribution in [-0.2, 0) is 19.7 Å². The molecule has 0 aromatic heterocycles. The summed E-state index contributed by atoms with van der Waals surface area (Å²) in [5, 5.41) is 0. The number of nitrogens with zero attached hydrogens (tertiary/aromatic N) is 1. The third-order valence-electron chi connectivity index (χ3n) is 4.69. The Morgan fingerprint density at radius 1 is 1.22 bits per heavy atom. The van der Waals surface area contributed by atoms with Gasteiger partial charge in [-0.1, -0.05) is 12.1 Å². The third kappa shape index (κ3) is 3.84. The molecule has 1 aromatic rings. The molecule has 5 heteroatoms. The van der Waals surface area contributed by atoms with E-state index in [2.05, 4.69) is 4.90 Å². The third-order valence-corrected chi connectivity index (χ3v) is 4.69. The molecule has 2 rings (SSSR count). The second kappa shape index (κ2) is 7.02. The number of nitrogens with two attached hydrogens (primary N) is 1. The second-order valence-electron chi connectivity index (χ2n) is 6.55. The van der Waals surface area contributed by atoms with Crippen molar-refractivity contribution in [3.8, 4) is 0 Å². The fraction of sp³-hybridized carbons (Fsp3) is 0.556. The summed E-state index contributed by atoms with van der Waals surface area (Å²) in [6.07, 6.45) is 1.63. The molecule has 0 spiro atoms. The maximum Gasteiger partial charge on any atom is 0.309 e. The smallest absolute Gasteiger partial charge is 0.309 e. The first-order valence-electron chi connectivity index (χ1n) is 8.18. The van der Waals surface area contributed by atoms with Gasteiger partial charge in [0.15, 0.2) is 0 Å². The molecule has 1 aromatic carbocycles. The maximum absolute atomic E-state index is 11.8. The zero-order valence-electron chi connectivity index (χ0n) is 14.2. The summed E-state index contributed by atoms with van der Waals surface area (Å²) in [5.74, 6) is -0.398. The average molecular weight is 318 g/mol. The number of hydrogen-bond acceptors (Lipinski definition) is 4. The van der Waals surface area contributed by atoms with Crippen molar-refractivity contribution in [1.82, 2.24) is 0 Å². The maximum atomic E-state index is 11.8. The molecule has 5 nitrogen and oxygen atoms in total. The van der Waals surface area contributed by atoms with E-state index in [1.54, 1.807) is 0 Å². The van der Waals surface area contributed by atoms with E-state index in [4.69, 9.17) is 10.5 Å². The Kier molecular flexibility index (Phi) is 5.29. The Labute approximate surface area is 137 Å². The molecule has 23 heavy (non-hydrogen) atoms. The van der Waals surface area contributed by atoms with Crippen LogP contribution in [0.25, 0.3) is 0 Å². The minimum absolute atomic E-state index is 0.0132. The molecule has 1 heterocycles. The summed E-state index contributed by atoms with van der Waals surface area (Å²) in [4.78, 5) is 25.6. The molecule has 1 aliphatic heterocycles. The molecule has 0 saturated carbocycles. The van der Waals surface area contributed by atoms with E-state index in [1.165, 1.54) is 0 Å². The van der Waals surface area contributed by atoms with E-state index < -0.39 is 5.41 Å². The first-order chi connectivity index (χ1) is 10.9. The molecule has 2 N–H and O–H groups in total. The van der Waals surface area contributed by atoms with Gasteiger partial charge in [-0.3, -0.25) is 9.59 Å². The van der Waals surface area contributed by atoms with E-state index in [9.17, 15) is 9.59 Å². The summed E-state index contributed by atoms with van der Waals surface area (Å²) in [6, 6.07) is 7.95. The van der Waals surface area contributed by atoms with E-state index in [0.717, 1.165) is 37.2 Å². The lowest BCUT2D eigenvalue weighted by molar-refractivity contribution is -0.148. The van der Waals surface area contributed by atoms with Crippen LogP contribution < -0.4 is 10.6 Å². The Morgan fingerprint density at radius 2 is 1.78 bits per heavy atom. The molecule has 1 fully saturated rings. The van der Waals surface area contributed by atoms with Gasteiger partial charge in [-0.2, -0.15) is 0 Å². The molecule has 1 amide bonds. The SMILES string of the molecule is CCOC(=O)C1CCN(c2ccc(C(C)(C)C(N)=O)cc2)CC1. The van der Waals surface area contributed by atoms with Gasteiger partial charge < -0.3 is 15.4 Å². The number of carbonyl (C=O) groups is 2. The number of ether oxygens (including phenoxy) is 1. The fourth-order valence-corrected chi connectivity index (χ4v) is 2.86. The highest BCUT2D eigenvalue weighted by Gasteiger charge is 2.28. The van der Waals surface area contributed by atoms with Crippen molar-refractivity contribution < 1.29 is 14.3 Å². The lowest BCUT2D eigenvalue weighted by Gasteiger charge is -2.33. The van der Waals surface area contributed by atoms with Crippen molar-refractivity contribution in [3.63, 3.8) is 0 Å². The molecule has 0 aliphatic carbocycles. The van der Waals surface area contributed by atoms with Gasteiger partial charge in [0, 0.05) is 18.8 Å². The van der Waals surface area contributed by atoms with Crippen LogP contribution in [0.4, 0.5) is 5.69 Å². The molecule has 0 unspecified atom stereocenters. The van der Waals surface area contributed by atoms with Gasteiger partial charge in [-0.25, -0.2) is 0 Å². The molecular weight excluding hydrogens is 292 g/mol. The van der Waals surface area contributed by atoms with Crippen LogP contribution in [-0.4, -0.2) is 31.6 Å². The number of carbonyl (C=O) groups excluding carboxylic acids is 2. The van der Waals surface area contributed by atoms with Gasteiger partial charge in [0.05, 0.1) is 17.9 Å². The molecule has 0 radical (unpaired) electrons. The van der Waals surface area contributed by atoms with Crippen LogP contribution in [0.3, 0.4) is 0 Å². The highest BCUT2D eigenvalue weighted by Crippen LogP contribution is 2.28. The van der Waals surface area contributed by atoms with E-state index >= 15 is 0 Å². The van der Waals surface area contributed by atoms with Gasteiger partial charge in [0.1, 0.15) is 0 Å². The van der Waals surface area contributed by atoms with Gasteiger partial charge in [0.2, 0.25) is 5.91 Å². The van der Waals surface area contributed by atoms with E-state index in [1.807, 2.05) is 45.0 Å². The number of rotatable bonds is 5. The number of amides is 1. The Bertz CT molecular complexity index is 558. The number of hydrogen-bond donors (Lipinski definition) is 1. The standard InChI is InChI=1S/C18H26N2O3/c1-4-23-16(21)13-9-11-20(12-10-13)15-7-5-14(6-8-15)18(2,3)17(19)22/h5-8,13H,4,9-12H2,1-3H3,(H2,19,22). The second-order valence-corrected chi connectivity index (χ2v) is 6.55. The van der Waals surface area contributed by atoms with Crippen LogP contribution >= 0.6 is 0 Å². The molecule has 1 aliphatic rings. The summed E-state index contributed by atoms with van der Waals surface area (Å²) in [5.41, 5.74) is 6.81. The number of esters is 1. The summed E-state index contributed by atoms with van der Waals surface area (Å²) < 4.78 is 5.10. The summed E-state index contributed by atoms with van der Waals surface area (Å²) in [6.45, 7) is 7.60. The highest BCUT2D eigenvalue weighted by atomic mass is 16.5. The predicted octanol–water partition coefficient (Wildman–Crippen LogP) is 2.23. The number of anilines is 1. The van der Waals surface area contributed by atoms with Crippen LogP contribution in [0.5, 0.6) is 0 Å². The minimum Gasteiger partial charge on any atom is -0.466 e. The molecular formula is C18H26N2O3. The number of piperidine rings is 1. The molecule has 0 bridgehead atoms. The Morgan fingerprint density at radius 3 is 2.26 bits per heavy atom. The van der Waals surface area contributed by atoms with Crippen molar-refractivity contribution in [2.75, 3.05) is 24.6 Å². The largest absolute Gasteiger partial charge is 0.466 e. The van der Waals surface area contributed by atoms with Crippen molar-refractivity contribution in [2.45, 2.75) is 39.0 Å². The van der Waals surface area contributed by atoms with Gasteiger partial charge in [-0.05, 0) is 51.3 Å². The zero-order chi connectivity index (χ0) is 17.0. The summed E-state index contributed by atoms with van der Waals surface area (Å²) in [7, 11) is 0. The fourth-order valence-electron chi connectivity index (χ4n) is 2.86. The minimum atomic E-state index is -0.671. The lowest BCUT2D eigenvalue weighted by atomic mass is 9.84. The lowest BCUT2D eigenvalue weighted by Crippen LogP contribution is -2.37. The predicted molar refractivity (Wildman–Crippen MR) is 90.2 cm³/mol. The topological polar surface area (TPSA) is 72.6 Å². The normalized spacial score (nSPS) is 16.2.